The van der Waals surface area contributed by atoms with Crippen molar-refractivity contribution in [3.63, 3.8) is 0 Å². The zero-order valence-electron chi connectivity index (χ0n) is 10.4. The highest BCUT2D eigenvalue weighted by Gasteiger charge is 2.23. The number of H-pyrrole nitrogens is 1. The lowest BCUT2D eigenvalue weighted by atomic mass is 10.0. The van der Waals surface area contributed by atoms with Crippen LogP contribution in [0.15, 0.2) is 30.5 Å². The van der Waals surface area contributed by atoms with Gasteiger partial charge in [-0.05, 0) is 43.7 Å². The molecular weight excluding hydrogens is 224 g/mol. The third-order valence-corrected chi connectivity index (χ3v) is 3.11. The van der Waals surface area contributed by atoms with Crippen molar-refractivity contribution in [3.05, 3.63) is 52.8 Å². The maximum atomic E-state index is 12.0. The van der Waals surface area contributed by atoms with Gasteiger partial charge in [-0.15, -0.1) is 0 Å². The molecule has 1 aliphatic rings. The standard InChI is InChI=1S/C15H14N2O/c1-9-3-4-14-12(6-9)13(15(18)17-14)7-11-5-10(2)8-16-11/h3-8,16H,1-2H3,(H,17,18)/b13-7-. The molecule has 0 bridgehead atoms. The molecule has 18 heavy (non-hydrogen) atoms. The van der Waals surface area contributed by atoms with Gasteiger partial charge in [-0.25, -0.2) is 0 Å². The molecule has 1 aliphatic heterocycles. The van der Waals surface area contributed by atoms with E-state index >= 15 is 0 Å². The van der Waals surface area contributed by atoms with Gasteiger partial charge in [0.1, 0.15) is 0 Å². The van der Waals surface area contributed by atoms with Gasteiger partial charge in [-0.3, -0.25) is 4.79 Å². The number of anilines is 1. The molecule has 2 heterocycles. The quantitative estimate of drug-likeness (QED) is 0.737. The first kappa shape index (κ1) is 10.8. The van der Waals surface area contributed by atoms with Crippen LogP contribution in [-0.4, -0.2) is 10.9 Å². The minimum atomic E-state index is -0.0390. The van der Waals surface area contributed by atoms with E-state index in [-0.39, 0.29) is 5.91 Å². The lowest BCUT2D eigenvalue weighted by Gasteiger charge is -1.99. The van der Waals surface area contributed by atoms with Gasteiger partial charge < -0.3 is 10.3 Å². The van der Waals surface area contributed by atoms with Gasteiger partial charge in [0.25, 0.3) is 5.91 Å². The maximum absolute atomic E-state index is 12.0. The Labute approximate surface area is 106 Å². The number of hydrogen-bond acceptors (Lipinski definition) is 1. The van der Waals surface area contributed by atoms with Crippen molar-refractivity contribution in [1.82, 2.24) is 4.98 Å². The normalized spacial score (nSPS) is 15.9. The van der Waals surface area contributed by atoms with Crippen LogP contribution in [0.1, 0.15) is 22.4 Å². The highest BCUT2D eigenvalue weighted by molar-refractivity contribution is 6.34. The van der Waals surface area contributed by atoms with E-state index in [0.717, 1.165) is 33.6 Å². The molecule has 0 radical (unpaired) electrons. The van der Waals surface area contributed by atoms with Crippen LogP contribution in [0.25, 0.3) is 11.6 Å². The second kappa shape index (κ2) is 3.88. The van der Waals surface area contributed by atoms with E-state index in [2.05, 4.69) is 10.3 Å². The van der Waals surface area contributed by atoms with Crippen LogP contribution < -0.4 is 5.32 Å². The number of carbonyl (C=O) groups is 1. The fraction of sp³-hybridized carbons (Fsp3) is 0.133. The van der Waals surface area contributed by atoms with Gasteiger partial charge in [0.05, 0.1) is 5.57 Å². The fourth-order valence-electron chi connectivity index (χ4n) is 2.21. The number of rotatable bonds is 1. The number of amides is 1. The summed E-state index contributed by atoms with van der Waals surface area (Å²) in [4.78, 5) is 15.1. The van der Waals surface area contributed by atoms with E-state index in [1.807, 2.05) is 50.4 Å². The summed E-state index contributed by atoms with van der Waals surface area (Å²) in [5.41, 5.74) is 5.85. The third-order valence-electron chi connectivity index (χ3n) is 3.11. The molecule has 3 nitrogen and oxygen atoms in total. The minimum Gasteiger partial charge on any atom is -0.361 e. The molecule has 0 unspecified atom stereocenters. The molecule has 1 aromatic carbocycles. The van der Waals surface area contributed by atoms with Crippen molar-refractivity contribution in [2.45, 2.75) is 13.8 Å². The number of carbonyl (C=O) groups excluding carboxylic acids is 1. The largest absolute Gasteiger partial charge is 0.361 e. The van der Waals surface area contributed by atoms with Crippen LogP contribution in [0.5, 0.6) is 0 Å². The molecule has 1 aromatic heterocycles. The summed E-state index contributed by atoms with van der Waals surface area (Å²) in [7, 11) is 0. The fourth-order valence-corrected chi connectivity index (χ4v) is 2.21. The van der Waals surface area contributed by atoms with E-state index < -0.39 is 0 Å². The number of aromatic amines is 1. The van der Waals surface area contributed by atoms with Crippen molar-refractivity contribution in [2.75, 3.05) is 5.32 Å². The van der Waals surface area contributed by atoms with Gasteiger partial charge in [-0.1, -0.05) is 11.6 Å². The average Bonchev–Trinajstić information content (AvgIpc) is 2.86. The van der Waals surface area contributed by atoms with E-state index in [1.165, 1.54) is 0 Å². The summed E-state index contributed by atoms with van der Waals surface area (Å²) in [6.07, 6.45) is 3.82. The van der Waals surface area contributed by atoms with Crippen LogP contribution in [0.3, 0.4) is 0 Å². The molecule has 0 fully saturated rings. The topological polar surface area (TPSA) is 44.9 Å². The van der Waals surface area contributed by atoms with E-state index in [9.17, 15) is 4.79 Å². The van der Waals surface area contributed by atoms with Crippen molar-refractivity contribution in [1.29, 1.82) is 0 Å². The van der Waals surface area contributed by atoms with Crippen molar-refractivity contribution >= 4 is 23.2 Å². The van der Waals surface area contributed by atoms with Crippen molar-refractivity contribution < 1.29 is 4.79 Å². The van der Waals surface area contributed by atoms with Crippen LogP contribution in [0, 0.1) is 13.8 Å². The summed E-state index contributed by atoms with van der Waals surface area (Å²) < 4.78 is 0. The first-order chi connectivity index (χ1) is 8.63. The second-order valence-corrected chi connectivity index (χ2v) is 4.69. The van der Waals surface area contributed by atoms with Crippen LogP contribution >= 0.6 is 0 Å². The molecule has 1 amide bonds. The molecule has 0 spiro atoms. The molecule has 2 N–H and O–H groups in total. The first-order valence-electron chi connectivity index (χ1n) is 5.92. The van der Waals surface area contributed by atoms with Gasteiger partial charge in [0.2, 0.25) is 0 Å². The summed E-state index contributed by atoms with van der Waals surface area (Å²) in [5, 5.41) is 2.88. The SMILES string of the molecule is Cc1c[nH]c(/C=C2\C(=O)Nc3ccc(C)cc32)c1. The Morgan fingerprint density at radius 1 is 1.11 bits per heavy atom. The zero-order valence-corrected chi connectivity index (χ0v) is 10.4. The zero-order chi connectivity index (χ0) is 12.7. The Bertz CT molecular complexity index is 665. The lowest BCUT2D eigenvalue weighted by molar-refractivity contribution is -0.110. The van der Waals surface area contributed by atoms with Gasteiger partial charge >= 0.3 is 0 Å². The van der Waals surface area contributed by atoms with Gasteiger partial charge in [0, 0.05) is 23.1 Å². The van der Waals surface area contributed by atoms with Gasteiger partial charge in [-0.2, -0.15) is 0 Å². The number of nitrogens with one attached hydrogen (secondary N) is 2. The Hall–Kier alpha value is -2.29. The Morgan fingerprint density at radius 2 is 1.94 bits per heavy atom. The minimum absolute atomic E-state index is 0.0390. The monoisotopic (exact) mass is 238 g/mol. The highest BCUT2D eigenvalue weighted by atomic mass is 16.2. The molecule has 0 saturated carbocycles. The van der Waals surface area contributed by atoms with Crippen LogP contribution in [0.4, 0.5) is 5.69 Å². The van der Waals surface area contributed by atoms with Crippen molar-refractivity contribution in [2.24, 2.45) is 0 Å². The Kier molecular flexibility index (Phi) is 2.33. The molecule has 0 atom stereocenters. The predicted molar refractivity (Wildman–Crippen MR) is 73.2 cm³/mol. The number of aryl methyl sites for hydroxylation is 2. The first-order valence-corrected chi connectivity index (χ1v) is 5.92. The van der Waals surface area contributed by atoms with Crippen LogP contribution in [-0.2, 0) is 4.79 Å². The predicted octanol–water partition coefficient (Wildman–Crippen LogP) is 3.12. The third kappa shape index (κ3) is 1.74. The number of aromatic nitrogens is 1. The van der Waals surface area contributed by atoms with Gasteiger partial charge in [0.15, 0.2) is 0 Å². The molecule has 2 aromatic rings. The van der Waals surface area contributed by atoms with E-state index in [0.29, 0.717) is 0 Å². The number of fused-ring (bicyclic) bond motifs is 1. The van der Waals surface area contributed by atoms with E-state index in [1.54, 1.807) is 0 Å². The smallest absolute Gasteiger partial charge is 0.256 e. The highest BCUT2D eigenvalue weighted by Crippen LogP contribution is 2.33. The molecule has 0 saturated heterocycles. The summed E-state index contributed by atoms with van der Waals surface area (Å²) in [6, 6.07) is 8.01. The Balaban J connectivity index is 2.11. The Morgan fingerprint density at radius 3 is 2.67 bits per heavy atom. The lowest BCUT2D eigenvalue weighted by Crippen LogP contribution is -2.03. The molecule has 3 heteroatoms. The maximum Gasteiger partial charge on any atom is 0.256 e. The second-order valence-electron chi connectivity index (χ2n) is 4.69. The molecule has 0 aliphatic carbocycles. The summed E-state index contributed by atoms with van der Waals surface area (Å²) in [5.74, 6) is -0.0390. The summed E-state index contributed by atoms with van der Waals surface area (Å²) >= 11 is 0. The average molecular weight is 238 g/mol. The van der Waals surface area contributed by atoms with E-state index in [4.69, 9.17) is 0 Å². The van der Waals surface area contributed by atoms with Crippen LogP contribution in [0.2, 0.25) is 0 Å². The molecular formula is C15H14N2O. The van der Waals surface area contributed by atoms with Crippen molar-refractivity contribution in [3.8, 4) is 0 Å². The molecule has 90 valence electrons. The number of benzene rings is 1. The summed E-state index contributed by atoms with van der Waals surface area (Å²) in [6.45, 7) is 4.05. The number of hydrogen-bond donors (Lipinski definition) is 2. The molecule has 3 rings (SSSR count).